The third kappa shape index (κ3) is 4.84. The average Bonchev–Trinajstić information content (AvgIpc) is 2.71. The number of rotatable bonds is 8. The van der Waals surface area contributed by atoms with E-state index >= 15 is 0 Å². The molecule has 0 unspecified atom stereocenters. The predicted molar refractivity (Wildman–Crippen MR) is 113 cm³/mol. The average molecular weight is 378 g/mol. The van der Waals surface area contributed by atoms with Crippen LogP contribution in [0.3, 0.4) is 0 Å². The molecule has 6 nitrogen and oxygen atoms in total. The van der Waals surface area contributed by atoms with Gasteiger partial charge in [-0.05, 0) is 51.2 Å². The molecule has 0 saturated heterocycles. The highest BCUT2D eigenvalue weighted by Gasteiger charge is 2.10. The second kappa shape index (κ2) is 9.28. The van der Waals surface area contributed by atoms with Crippen LogP contribution in [-0.4, -0.2) is 41.1 Å². The molecule has 0 aliphatic rings. The number of hydrogen-bond donors (Lipinski definition) is 2. The largest absolute Gasteiger partial charge is 0.326 e. The Bertz CT molecular complexity index is 1010. The minimum Gasteiger partial charge on any atom is -0.326 e. The summed E-state index contributed by atoms with van der Waals surface area (Å²) in [6, 6.07) is 14.9. The third-order valence-electron chi connectivity index (χ3n) is 4.85. The van der Waals surface area contributed by atoms with Crippen molar-refractivity contribution in [3.63, 3.8) is 0 Å². The van der Waals surface area contributed by atoms with Gasteiger partial charge in [-0.3, -0.25) is 9.59 Å². The van der Waals surface area contributed by atoms with Crippen LogP contribution in [0, 0.1) is 0 Å². The summed E-state index contributed by atoms with van der Waals surface area (Å²) >= 11 is 0. The van der Waals surface area contributed by atoms with E-state index in [1.54, 1.807) is 6.07 Å². The third-order valence-corrected chi connectivity index (χ3v) is 4.85. The number of fused-ring (bicyclic) bond motifs is 1. The summed E-state index contributed by atoms with van der Waals surface area (Å²) in [4.78, 5) is 26.5. The lowest BCUT2D eigenvalue weighted by Crippen LogP contribution is -2.19. The van der Waals surface area contributed by atoms with Crippen LogP contribution in [0.2, 0.25) is 0 Å². The first-order valence-electron chi connectivity index (χ1n) is 9.64. The van der Waals surface area contributed by atoms with Gasteiger partial charge in [0.05, 0.1) is 11.1 Å². The first-order chi connectivity index (χ1) is 13.6. The molecule has 0 spiro atoms. The number of unbranched alkanes of at least 4 members (excludes halogenated alkanes) is 1. The summed E-state index contributed by atoms with van der Waals surface area (Å²) in [6.07, 6.45) is 2.37. The number of carbonyl (C=O) groups excluding carboxylic acids is 1. The summed E-state index contributed by atoms with van der Waals surface area (Å²) in [5.74, 6) is 0.00980. The number of amides is 1. The van der Waals surface area contributed by atoms with Gasteiger partial charge in [-0.2, -0.15) is 5.10 Å². The summed E-state index contributed by atoms with van der Waals surface area (Å²) in [5, 5.41) is 11.1. The Morgan fingerprint density at radius 1 is 1.11 bits per heavy atom. The summed E-state index contributed by atoms with van der Waals surface area (Å²) in [6.45, 7) is 4.15. The molecule has 3 rings (SSSR count). The first-order valence-corrected chi connectivity index (χ1v) is 9.64. The fraction of sp³-hybridized carbons (Fsp3) is 0.318. The predicted octanol–water partition coefficient (Wildman–Crippen LogP) is 3.65. The number of aromatic nitrogens is 2. The molecule has 0 bridgehead atoms. The van der Waals surface area contributed by atoms with Crippen LogP contribution in [0.1, 0.15) is 26.2 Å². The summed E-state index contributed by atoms with van der Waals surface area (Å²) < 4.78 is 0. The second-order valence-electron chi connectivity index (χ2n) is 6.93. The molecule has 1 aromatic heterocycles. The van der Waals surface area contributed by atoms with Gasteiger partial charge in [0.2, 0.25) is 5.91 Å². The van der Waals surface area contributed by atoms with E-state index in [2.05, 4.69) is 34.4 Å². The number of anilines is 1. The van der Waals surface area contributed by atoms with Gasteiger partial charge in [0.25, 0.3) is 5.56 Å². The normalized spacial score (nSPS) is 11.1. The van der Waals surface area contributed by atoms with E-state index in [1.165, 1.54) is 0 Å². The number of hydrogen-bond acceptors (Lipinski definition) is 4. The van der Waals surface area contributed by atoms with Gasteiger partial charge in [-0.25, -0.2) is 5.10 Å². The van der Waals surface area contributed by atoms with Crippen LogP contribution < -0.4 is 10.9 Å². The first kappa shape index (κ1) is 19.8. The van der Waals surface area contributed by atoms with Gasteiger partial charge in [-0.1, -0.05) is 37.3 Å². The van der Waals surface area contributed by atoms with Gasteiger partial charge in [-0.15, -0.1) is 0 Å². The lowest BCUT2D eigenvalue weighted by atomic mass is 10.0. The molecule has 0 aliphatic carbocycles. The van der Waals surface area contributed by atoms with Crippen LogP contribution in [0.15, 0.2) is 53.3 Å². The molecule has 0 fully saturated rings. The smallest absolute Gasteiger partial charge is 0.272 e. The Hall–Kier alpha value is -2.99. The monoisotopic (exact) mass is 378 g/mol. The van der Waals surface area contributed by atoms with Crippen LogP contribution >= 0.6 is 0 Å². The zero-order valence-electron chi connectivity index (χ0n) is 16.4. The molecule has 2 aromatic carbocycles. The maximum Gasteiger partial charge on any atom is 0.272 e. The van der Waals surface area contributed by atoms with Crippen molar-refractivity contribution >= 4 is 22.4 Å². The number of benzene rings is 2. The number of aromatic amines is 1. The van der Waals surface area contributed by atoms with Gasteiger partial charge in [0, 0.05) is 23.1 Å². The second-order valence-corrected chi connectivity index (χ2v) is 6.93. The van der Waals surface area contributed by atoms with Crippen molar-refractivity contribution in [2.24, 2.45) is 0 Å². The van der Waals surface area contributed by atoms with E-state index in [9.17, 15) is 9.59 Å². The molecule has 6 heteroatoms. The fourth-order valence-electron chi connectivity index (χ4n) is 3.13. The SMILES string of the molecule is CCN(C)CCCCC(=O)Nc1cccc(-c2n[nH]c(=O)c3ccccc23)c1. The van der Waals surface area contributed by atoms with Gasteiger partial charge in [0.15, 0.2) is 0 Å². The molecular formula is C22H26N4O2. The van der Waals surface area contributed by atoms with Gasteiger partial charge >= 0.3 is 0 Å². The van der Waals surface area contributed by atoms with Crippen LogP contribution in [-0.2, 0) is 4.79 Å². The molecular weight excluding hydrogens is 352 g/mol. The maximum absolute atomic E-state index is 12.2. The van der Waals surface area contributed by atoms with Crippen molar-refractivity contribution in [2.45, 2.75) is 26.2 Å². The minimum atomic E-state index is -0.211. The Morgan fingerprint density at radius 3 is 2.68 bits per heavy atom. The van der Waals surface area contributed by atoms with Crippen LogP contribution in [0.25, 0.3) is 22.0 Å². The van der Waals surface area contributed by atoms with Crippen molar-refractivity contribution in [1.29, 1.82) is 0 Å². The lowest BCUT2D eigenvalue weighted by molar-refractivity contribution is -0.116. The van der Waals surface area contributed by atoms with E-state index < -0.39 is 0 Å². The lowest BCUT2D eigenvalue weighted by Gasteiger charge is -2.13. The van der Waals surface area contributed by atoms with E-state index in [-0.39, 0.29) is 11.5 Å². The molecule has 2 N–H and O–H groups in total. The molecule has 146 valence electrons. The standard InChI is InChI=1S/C22H26N4O2/c1-3-26(2)14-7-6-13-20(27)23-17-10-8-9-16(15-17)21-18-11-4-5-12-19(18)22(28)25-24-21/h4-5,8-12,15H,3,6-7,13-14H2,1-2H3,(H,23,27)(H,25,28). The van der Waals surface area contributed by atoms with Crippen molar-refractivity contribution < 1.29 is 4.79 Å². The number of nitrogens with one attached hydrogen (secondary N) is 2. The summed E-state index contributed by atoms with van der Waals surface area (Å²) in [5.41, 5.74) is 2.05. The van der Waals surface area contributed by atoms with Crippen LogP contribution in [0.4, 0.5) is 5.69 Å². The zero-order valence-corrected chi connectivity index (χ0v) is 16.4. The highest BCUT2D eigenvalue weighted by atomic mass is 16.1. The number of carbonyl (C=O) groups is 1. The van der Waals surface area contributed by atoms with E-state index in [1.807, 2.05) is 42.5 Å². The molecule has 0 aliphatic heterocycles. The molecule has 3 aromatic rings. The Labute approximate surface area is 164 Å². The Kier molecular flexibility index (Phi) is 6.55. The number of H-pyrrole nitrogens is 1. The Balaban J connectivity index is 1.71. The topological polar surface area (TPSA) is 78.1 Å². The maximum atomic E-state index is 12.2. The van der Waals surface area contributed by atoms with Crippen molar-refractivity contribution in [2.75, 3.05) is 25.5 Å². The van der Waals surface area contributed by atoms with E-state index in [0.29, 0.717) is 17.5 Å². The Morgan fingerprint density at radius 2 is 1.89 bits per heavy atom. The molecule has 0 atom stereocenters. The van der Waals surface area contributed by atoms with Crippen molar-refractivity contribution in [3.8, 4) is 11.3 Å². The van der Waals surface area contributed by atoms with Crippen molar-refractivity contribution in [1.82, 2.24) is 15.1 Å². The van der Waals surface area contributed by atoms with Gasteiger partial charge in [0.1, 0.15) is 0 Å². The summed E-state index contributed by atoms with van der Waals surface area (Å²) in [7, 11) is 2.08. The molecule has 0 saturated carbocycles. The van der Waals surface area contributed by atoms with Gasteiger partial charge < -0.3 is 10.2 Å². The van der Waals surface area contributed by atoms with Crippen molar-refractivity contribution in [3.05, 3.63) is 58.9 Å². The molecule has 1 heterocycles. The van der Waals surface area contributed by atoms with Crippen LogP contribution in [0.5, 0.6) is 0 Å². The molecule has 28 heavy (non-hydrogen) atoms. The number of nitrogens with zero attached hydrogens (tertiary/aromatic N) is 2. The molecule has 1 amide bonds. The van der Waals surface area contributed by atoms with E-state index in [4.69, 9.17) is 0 Å². The highest BCUT2D eigenvalue weighted by molar-refractivity contribution is 5.95. The minimum absolute atomic E-state index is 0.00980. The highest BCUT2D eigenvalue weighted by Crippen LogP contribution is 2.26. The quantitative estimate of drug-likeness (QED) is 0.587. The molecule has 0 radical (unpaired) electrons. The fourth-order valence-corrected chi connectivity index (χ4v) is 3.13. The van der Waals surface area contributed by atoms with E-state index in [0.717, 1.165) is 42.6 Å². The zero-order chi connectivity index (χ0) is 19.9.